The van der Waals surface area contributed by atoms with Gasteiger partial charge >= 0.3 is 6.09 Å². The number of fused-ring (bicyclic) bond motifs is 2. The van der Waals surface area contributed by atoms with Crippen LogP contribution in [-0.4, -0.2) is 76.7 Å². The number of allylic oxidation sites excluding steroid dienone is 1. The van der Waals surface area contributed by atoms with E-state index in [1.165, 1.54) is 18.2 Å². The number of unbranched alkanes of at least 4 members (excludes halogenated alkanes) is 2. The second-order valence-corrected chi connectivity index (χ2v) is 17.3. The summed E-state index contributed by atoms with van der Waals surface area (Å²) in [4.78, 5) is 22.2. The average Bonchev–Trinajstić information content (AvgIpc) is 3.24. The Labute approximate surface area is 363 Å². The van der Waals surface area contributed by atoms with Crippen molar-refractivity contribution in [1.29, 1.82) is 0 Å². The number of aliphatic hydroxyl groups excluding tert-OH is 2. The molecule has 1 aliphatic heterocycles. The van der Waals surface area contributed by atoms with Crippen molar-refractivity contribution in [3.8, 4) is 11.5 Å². The fourth-order valence-electron chi connectivity index (χ4n) is 9.00. The van der Waals surface area contributed by atoms with Gasteiger partial charge in [0.1, 0.15) is 48.0 Å². The van der Waals surface area contributed by atoms with Gasteiger partial charge in [-0.05, 0) is 106 Å². The van der Waals surface area contributed by atoms with Crippen LogP contribution in [0.5, 0.6) is 11.5 Å². The lowest BCUT2D eigenvalue weighted by Crippen LogP contribution is -2.70. The molecule has 0 radical (unpaired) electrons. The molecule has 2 aliphatic carbocycles. The zero-order valence-electron chi connectivity index (χ0n) is 35.4. The van der Waals surface area contributed by atoms with Crippen molar-refractivity contribution in [3.05, 3.63) is 119 Å². The summed E-state index contributed by atoms with van der Waals surface area (Å²) in [5.74, 6) is -2.16. The first-order chi connectivity index (χ1) is 29.4. The van der Waals surface area contributed by atoms with Crippen LogP contribution in [0.15, 0.2) is 96.2 Å². The number of benzene rings is 3. The fourth-order valence-corrected chi connectivity index (χ4v) is 9.08. The summed E-state index contributed by atoms with van der Waals surface area (Å²) in [6, 6.07) is 17.1. The molecule has 6 atom stereocenters. The first kappa shape index (κ1) is 46.0. The Hall–Kier alpha value is -4.49. The van der Waals surface area contributed by atoms with Crippen LogP contribution in [0.4, 0.5) is 13.6 Å². The molecule has 10 nitrogen and oxygen atoms in total. The van der Waals surface area contributed by atoms with Crippen LogP contribution in [0.25, 0.3) is 0 Å². The Morgan fingerprint density at radius 3 is 2.46 bits per heavy atom. The Balaban J connectivity index is 1.60. The molecule has 0 saturated heterocycles. The molecule has 0 bridgehead atoms. The van der Waals surface area contributed by atoms with Crippen molar-refractivity contribution in [3.63, 3.8) is 0 Å². The highest BCUT2D eigenvalue weighted by molar-refractivity contribution is 6.18. The number of aliphatic hydroxyl groups is 2. The first-order valence-electron chi connectivity index (χ1n) is 21.3. The van der Waals surface area contributed by atoms with Crippen LogP contribution in [0.3, 0.4) is 0 Å². The van der Waals surface area contributed by atoms with E-state index in [4.69, 9.17) is 40.5 Å². The number of amides is 1. The topological polar surface area (TPSA) is 119 Å². The van der Waals surface area contributed by atoms with Gasteiger partial charge in [-0.15, -0.1) is 18.2 Å². The van der Waals surface area contributed by atoms with E-state index < -0.39 is 35.3 Å². The quantitative estimate of drug-likeness (QED) is 0.0499. The zero-order valence-corrected chi connectivity index (χ0v) is 36.1. The van der Waals surface area contributed by atoms with Gasteiger partial charge in [-0.25, -0.2) is 13.6 Å². The third-order valence-corrected chi connectivity index (χ3v) is 11.8. The van der Waals surface area contributed by atoms with Crippen molar-refractivity contribution < 1.29 is 47.6 Å². The SMILES string of the molecule is C=CCOC12Oc3ccc(OCc4ccccc4F)cc3C3C(CCCCO)C(CCCCO)C=C(C(=NOC(C)(C)C)CC1N(Cc1ccc(F)cc1)C(=O)OCCCl)C32. The average molecular weight is 865 g/mol. The number of rotatable bonds is 20. The molecule has 3 aliphatic rings. The molecule has 1 heterocycles. The number of nitrogens with zero attached hydrogens (tertiary/aromatic N) is 2. The molecule has 2 N–H and O–H groups in total. The van der Waals surface area contributed by atoms with Crippen molar-refractivity contribution in [2.24, 2.45) is 22.9 Å². The third kappa shape index (κ3) is 10.9. The normalized spacial score (nSPS) is 23.6. The maximum atomic E-state index is 14.7. The van der Waals surface area contributed by atoms with Gasteiger partial charge < -0.3 is 34.0 Å². The smallest absolute Gasteiger partial charge is 0.410 e. The van der Waals surface area contributed by atoms with Gasteiger partial charge in [0.25, 0.3) is 0 Å². The molecule has 6 unspecified atom stereocenters. The van der Waals surface area contributed by atoms with Crippen molar-refractivity contribution in [2.45, 2.75) is 102 Å². The maximum absolute atomic E-state index is 14.7. The lowest BCUT2D eigenvalue weighted by atomic mass is 9.55. The van der Waals surface area contributed by atoms with E-state index in [0.29, 0.717) is 41.2 Å². The van der Waals surface area contributed by atoms with Crippen molar-refractivity contribution in [2.75, 3.05) is 32.3 Å². The van der Waals surface area contributed by atoms with Gasteiger partial charge in [-0.3, -0.25) is 4.90 Å². The van der Waals surface area contributed by atoms with Crippen LogP contribution in [0.1, 0.15) is 88.3 Å². The molecule has 0 aromatic heterocycles. The number of hydrogen-bond donors (Lipinski definition) is 2. The van der Waals surface area contributed by atoms with Gasteiger partial charge in [-0.2, -0.15) is 0 Å². The minimum Gasteiger partial charge on any atom is -0.489 e. The van der Waals surface area contributed by atoms with E-state index in [1.807, 2.05) is 32.9 Å². The Morgan fingerprint density at radius 1 is 1.03 bits per heavy atom. The third-order valence-electron chi connectivity index (χ3n) is 11.6. The maximum Gasteiger partial charge on any atom is 0.410 e. The molecule has 6 rings (SSSR count). The molecule has 330 valence electrons. The highest BCUT2D eigenvalue weighted by Gasteiger charge is 2.65. The summed E-state index contributed by atoms with van der Waals surface area (Å²) in [5, 5.41) is 24.7. The first-order valence-corrected chi connectivity index (χ1v) is 21.8. The van der Waals surface area contributed by atoms with Crippen LogP contribution < -0.4 is 9.47 Å². The number of carbonyl (C=O) groups is 1. The second-order valence-electron chi connectivity index (χ2n) is 16.9. The Kier molecular flexibility index (Phi) is 15.9. The van der Waals surface area contributed by atoms with E-state index >= 15 is 0 Å². The molecular weight excluding hydrogens is 806 g/mol. The Morgan fingerprint density at radius 2 is 1.77 bits per heavy atom. The van der Waals surface area contributed by atoms with Gasteiger partial charge in [0.2, 0.25) is 5.79 Å². The van der Waals surface area contributed by atoms with Gasteiger partial charge in [0, 0.05) is 43.2 Å². The molecule has 13 heteroatoms. The number of ether oxygens (including phenoxy) is 4. The van der Waals surface area contributed by atoms with Crippen LogP contribution in [0, 0.1) is 29.4 Å². The number of halogens is 3. The van der Waals surface area contributed by atoms with E-state index in [0.717, 1.165) is 36.8 Å². The minimum absolute atomic E-state index is 0.00734. The second kappa shape index (κ2) is 21.1. The van der Waals surface area contributed by atoms with Gasteiger partial charge in [0.15, 0.2) is 0 Å². The number of hydrogen-bond acceptors (Lipinski definition) is 9. The molecule has 61 heavy (non-hydrogen) atoms. The van der Waals surface area contributed by atoms with E-state index in [1.54, 1.807) is 47.4 Å². The summed E-state index contributed by atoms with van der Waals surface area (Å²) >= 11 is 6.05. The lowest BCUT2D eigenvalue weighted by Gasteiger charge is -2.60. The molecule has 3 aromatic rings. The number of carbonyl (C=O) groups excluding carboxylic acids is 1. The molecule has 3 aromatic carbocycles. The summed E-state index contributed by atoms with van der Waals surface area (Å²) in [6.07, 6.45) is 7.64. The summed E-state index contributed by atoms with van der Waals surface area (Å²) in [7, 11) is 0. The van der Waals surface area contributed by atoms with Gasteiger partial charge in [0.05, 0.1) is 24.1 Å². The minimum atomic E-state index is -1.56. The predicted octanol–water partition coefficient (Wildman–Crippen LogP) is 9.85. The Bertz CT molecular complexity index is 2010. The van der Waals surface area contributed by atoms with E-state index in [9.17, 15) is 23.8 Å². The van der Waals surface area contributed by atoms with Crippen molar-refractivity contribution >= 4 is 23.4 Å². The van der Waals surface area contributed by atoms with Crippen LogP contribution in [-0.2, 0) is 27.5 Å². The van der Waals surface area contributed by atoms with Gasteiger partial charge in [-0.1, -0.05) is 60.5 Å². The standard InChI is InChI=1S/C48H59ClF2N2O8/c1-5-25-59-48-43(53(46(56)57-26-22-49)30-32-16-18-35(50)19-17-32)29-41(52-61-47(2,3)4)38-27-33(12-8-10-23-54)37(14-9-11-24-55)44(45(38)48)39-28-36(20-21-42(39)60-48)58-31-34-13-6-7-15-40(34)51/h5-7,13,15-21,27-28,33,37,43-45,54-55H,1,8-12,14,22-26,29-31H2,2-4H3. The van der Waals surface area contributed by atoms with E-state index in [-0.39, 0.29) is 75.5 Å². The highest BCUT2D eigenvalue weighted by atomic mass is 35.5. The highest BCUT2D eigenvalue weighted by Crippen LogP contribution is 2.62. The summed E-state index contributed by atoms with van der Waals surface area (Å²) in [6.45, 7) is 9.87. The largest absolute Gasteiger partial charge is 0.489 e. The molecule has 1 fully saturated rings. The monoisotopic (exact) mass is 864 g/mol. The molecular formula is C48H59ClF2N2O8. The van der Waals surface area contributed by atoms with Crippen molar-refractivity contribution in [1.82, 2.24) is 4.90 Å². The number of alkyl halides is 1. The summed E-state index contributed by atoms with van der Waals surface area (Å²) in [5.41, 5.74) is 2.73. The molecule has 0 spiro atoms. The summed E-state index contributed by atoms with van der Waals surface area (Å²) < 4.78 is 55.3. The van der Waals surface area contributed by atoms with Crippen LogP contribution in [0.2, 0.25) is 0 Å². The van der Waals surface area contributed by atoms with Crippen LogP contribution >= 0.6 is 11.6 Å². The zero-order chi connectivity index (χ0) is 43.6. The molecule has 1 saturated carbocycles. The fraction of sp³-hybridized carbons (Fsp3) is 0.500. The lowest BCUT2D eigenvalue weighted by molar-refractivity contribution is -0.256. The van der Waals surface area contributed by atoms with E-state index in [2.05, 4.69) is 12.7 Å². The molecule has 1 amide bonds. The number of oxime groups is 1. The predicted molar refractivity (Wildman–Crippen MR) is 231 cm³/mol.